The van der Waals surface area contributed by atoms with Gasteiger partial charge in [-0.1, -0.05) is 18.2 Å². The standard InChI is InChI=1S/C24H36N4O3/c29-23(27-12-7-20(8-13-27)6-11-26-16-18-31-19-17-26)21-9-14-28(15-10-21)24(30)25-22-4-2-1-3-5-22/h1-5,20-21H,6-19H2,(H,25,30). The van der Waals surface area contributed by atoms with E-state index in [9.17, 15) is 9.59 Å². The van der Waals surface area contributed by atoms with E-state index in [1.165, 1.54) is 6.42 Å². The zero-order chi connectivity index (χ0) is 21.5. The summed E-state index contributed by atoms with van der Waals surface area (Å²) in [6.07, 6.45) is 5.00. The van der Waals surface area contributed by atoms with Crippen LogP contribution in [-0.4, -0.2) is 85.7 Å². The fraction of sp³-hybridized carbons (Fsp3) is 0.667. The van der Waals surface area contributed by atoms with Crippen molar-refractivity contribution in [3.8, 4) is 0 Å². The van der Waals surface area contributed by atoms with E-state index in [1.807, 2.05) is 35.2 Å². The first kappa shape index (κ1) is 22.1. The summed E-state index contributed by atoms with van der Waals surface area (Å²) in [4.78, 5) is 31.9. The van der Waals surface area contributed by atoms with Crippen molar-refractivity contribution in [1.82, 2.24) is 14.7 Å². The minimum atomic E-state index is -0.0711. The van der Waals surface area contributed by atoms with Gasteiger partial charge in [0.05, 0.1) is 13.2 Å². The Bertz CT molecular complexity index is 707. The molecule has 3 amide bonds. The molecule has 3 heterocycles. The number of morpholine rings is 1. The minimum absolute atomic E-state index is 0.0608. The van der Waals surface area contributed by atoms with Gasteiger partial charge in [-0.3, -0.25) is 9.69 Å². The number of nitrogens with zero attached hydrogens (tertiary/aromatic N) is 3. The average molecular weight is 429 g/mol. The first-order valence-electron chi connectivity index (χ1n) is 11.9. The van der Waals surface area contributed by atoms with Gasteiger partial charge in [0.15, 0.2) is 0 Å². The number of hydrogen-bond donors (Lipinski definition) is 1. The van der Waals surface area contributed by atoms with Gasteiger partial charge in [-0.25, -0.2) is 4.79 Å². The molecule has 170 valence electrons. The van der Waals surface area contributed by atoms with E-state index in [0.717, 1.165) is 83.2 Å². The molecule has 3 saturated heterocycles. The molecule has 3 fully saturated rings. The number of nitrogens with one attached hydrogen (secondary N) is 1. The fourth-order valence-corrected chi connectivity index (χ4v) is 4.94. The molecule has 0 radical (unpaired) electrons. The van der Waals surface area contributed by atoms with Crippen LogP contribution in [0.5, 0.6) is 0 Å². The van der Waals surface area contributed by atoms with Gasteiger partial charge in [-0.2, -0.15) is 0 Å². The molecule has 3 aliphatic heterocycles. The van der Waals surface area contributed by atoms with Crippen LogP contribution in [0, 0.1) is 11.8 Å². The van der Waals surface area contributed by atoms with Crippen LogP contribution in [0.2, 0.25) is 0 Å². The highest BCUT2D eigenvalue weighted by Crippen LogP contribution is 2.26. The van der Waals surface area contributed by atoms with Crippen molar-refractivity contribution in [2.75, 3.05) is 64.3 Å². The molecule has 7 heteroatoms. The molecule has 31 heavy (non-hydrogen) atoms. The van der Waals surface area contributed by atoms with Crippen LogP contribution in [0.3, 0.4) is 0 Å². The van der Waals surface area contributed by atoms with Crippen molar-refractivity contribution in [2.24, 2.45) is 11.8 Å². The third kappa shape index (κ3) is 6.20. The lowest BCUT2D eigenvalue weighted by Crippen LogP contribution is -2.47. The maximum Gasteiger partial charge on any atom is 0.321 e. The topological polar surface area (TPSA) is 65.1 Å². The molecule has 0 aliphatic carbocycles. The highest BCUT2D eigenvalue weighted by molar-refractivity contribution is 5.89. The predicted octanol–water partition coefficient (Wildman–Crippen LogP) is 2.89. The summed E-state index contributed by atoms with van der Waals surface area (Å²) in [6.45, 7) is 8.06. The molecular formula is C24H36N4O3. The number of ether oxygens (including phenoxy) is 1. The second-order valence-electron chi connectivity index (χ2n) is 9.07. The lowest BCUT2D eigenvalue weighted by molar-refractivity contribution is -0.138. The number of benzene rings is 1. The number of carbonyl (C=O) groups excluding carboxylic acids is 2. The number of para-hydroxylation sites is 1. The second-order valence-corrected chi connectivity index (χ2v) is 9.07. The predicted molar refractivity (Wildman–Crippen MR) is 121 cm³/mol. The van der Waals surface area contributed by atoms with Crippen LogP contribution in [0.25, 0.3) is 0 Å². The number of rotatable bonds is 5. The second kappa shape index (κ2) is 11.0. The molecule has 0 unspecified atom stereocenters. The zero-order valence-electron chi connectivity index (χ0n) is 18.5. The van der Waals surface area contributed by atoms with Crippen LogP contribution >= 0.6 is 0 Å². The van der Waals surface area contributed by atoms with Crippen molar-refractivity contribution in [1.29, 1.82) is 0 Å². The highest BCUT2D eigenvalue weighted by Gasteiger charge is 2.32. The maximum atomic E-state index is 13.0. The molecule has 0 spiro atoms. The lowest BCUT2D eigenvalue weighted by Gasteiger charge is -2.38. The van der Waals surface area contributed by atoms with Gasteiger partial charge < -0.3 is 19.9 Å². The normalized spacial score (nSPS) is 21.8. The monoisotopic (exact) mass is 428 g/mol. The van der Waals surface area contributed by atoms with Crippen molar-refractivity contribution in [3.05, 3.63) is 30.3 Å². The Labute approximate surface area is 185 Å². The van der Waals surface area contributed by atoms with Crippen molar-refractivity contribution < 1.29 is 14.3 Å². The van der Waals surface area contributed by atoms with Crippen molar-refractivity contribution in [2.45, 2.75) is 32.1 Å². The fourth-order valence-electron chi connectivity index (χ4n) is 4.94. The smallest absolute Gasteiger partial charge is 0.321 e. The largest absolute Gasteiger partial charge is 0.379 e. The van der Waals surface area contributed by atoms with Crippen molar-refractivity contribution >= 4 is 17.6 Å². The Morgan fingerprint density at radius 1 is 0.871 bits per heavy atom. The van der Waals surface area contributed by atoms with E-state index in [1.54, 1.807) is 0 Å². The average Bonchev–Trinajstić information content (AvgIpc) is 2.84. The van der Waals surface area contributed by atoms with Crippen LogP contribution < -0.4 is 5.32 Å². The Balaban J connectivity index is 1.15. The van der Waals surface area contributed by atoms with Gasteiger partial charge in [-0.15, -0.1) is 0 Å². The van der Waals surface area contributed by atoms with Gasteiger partial charge >= 0.3 is 6.03 Å². The molecule has 7 nitrogen and oxygen atoms in total. The molecule has 0 atom stereocenters. The summed E-state index contributed by atoms with van der Waals surface area (Å²) >= 11 is 0. The maximum absolute atomic E-state index is 13.0. The summed E-state index contributed by atoms with van der Waals surface area (Å²) in [6, 6.07) is 9.45. The number of likely N-dealkylation sites (tertiary alicyclic amines) is 2. The summed E-state index contributed by atoms with van der Waals surface area (Å²) in [5, 5.41) is 2.94. The van der Waals surface area contributed by atoms with E-state index in [-0.39, 0.29) is 11.9 Å². The molecule has 1 aromatic rings. The lowest BCUT2D eigenvalue weighted by atomic mass is 9.90. The Kier molecular flexibility index (Phi) is 7.81. The van der Waals surface area contributed by atoms with E-state index in [0.29, 0.717) is 19.0 Å². The van der Waals surface area contributed by atoms with Gasteiger partial charge in [0.25, 0.3) is 0 Å². The van der Waals surface area contributed by atoms with Crippen LogP contribution in [-0.2, 0) is 9.53 Å². The number of urea groups is 1. The number of carbonyl (C=O) groups is 2. The van der Waals surface area contributed by atoms with Crippen LogP contribution in [0.1, 0.15) is 32.1 Å². The Morgan fingerprint density at radius 2 is 1.52 bits per heavy atom. The van der Waals surface area contributed by atoms with Gasteiger partial charge in [0, 0.05) is 50.9 Å². The summed E-state index contributed by atoms with van der Waals surface area (Å²) in [5.74, 6) is 1.09. The van der Waals surface area contributed by atoms with Crippen LogP contribution in [0.4, 0.5) is 10.5 Å². The molecule has 4 rings (SSSR count). The summed E-state index contributed by atoms with van der Waals surface area (Å²) < 4.78 is 5.42. The summed E-state index contributed by atoms with van der Waals surface area (Å²) in [7, 11) is 0. The Hall–Kier alpha value is -2.12. The number of anilines is 1. The van der Waals surface area contributed by atoms with Crippen molar-refractivity contribution in [3.63, 3.8) is 0 Å². The van der Waals surface area contributed by atoms with Gasteiger partial charge in [0.2, 0.25) is 5.91 Å². The first-order valence-corrected chi connectivity index (χ1v) is 11.9. The SMILES string of the molecule is O=C(Nc1ccccc1)N1CCC(C(=O)N2CCC(CCN3CCOCC3)CC2)CC1. The number of amides is 3. The molecular weight excluding hydrogens is 392 g/mol. The summed E-state index contributed by atoms with van der Waals surface area (Å²) in [5.41, 5.74) is 0.808. The zero-order valence-corrected chi connectivity index (χ0v) is 18.5. The molecule has 1 N–H and O–H groups in total. The number of piperidine rings is 2. The molecule has 1 aromatic carbocycles. The van der Waals surface area contributed by atoms with E-state index >= 15 is 0 Å². The Morgan fingerprint density at radius 3 is 2.19 bits per heavy atom. The molecule has 0 aromatic heterocycles. The minimum Gasteiger partial charge on any atom is -0.379 e. The highest BCUT2D eigenvalue weighted by atomic mass is 16.5. The van der Waals surface area contributed by atoms with E-state index in [4.69, 9.17) is 4.74 Å². The third-order valence-electron chi connectivity index (χ3n) is 7.04. The molecule has 3 aliphatic rings. The van der Waals surface area contributed by atoms with E-state index in [2.05, 4.69) is 15.1 Å². The van der Waals surface area contributed by atoms with E-state index < -0.39 is 0 Å². The van der Waals surface area contributed by atoms with Crippen LogP contribution in [0.15, 0.2) is 30.3 Å². The first-order chi connectivity index (χ1) is 15.2. The van der Waals surface area contributed by atoms with Gasteiger partial charge in [0.1, 0.15) is 0 Å². The number of hydrogen-bond acceptors (Lipinski definition) is 4. The molecule has 0 bridgehead atoms. The quantitative estimate of drug-likeness (QED) is 0.783. The molecule has 0 saturated carbocycles. The third-order valence-corrected chi connectivity index (χ3v) is 7.04. The van der Waals surface area contributed by atoms with Gasteiger partial charge in [-0.05, 0) is 56.7 Å².